The molecule has 0 fully saturated rings. The van der Waals surface area contributed by atoms with Gasteiger partial charge in [0.15, 0.2) is 11.5 Å². The molecule has 8 heteroatoms. The maximum atomic E-state index is 12.8. The third-order valence-corrected chi connectivity index (χ3v) is 4.11. The fraction of sp³-hybridized carbons (Fsp3) is 0.389. The highest BCUT2D eigenvalue weighted by Crippen LogP contribution is 2.36. The molecule has 2 aromatic rings. The smallest absolute Gasteiger partial charge is 0.368 e. The number of anilines is 1. The second-order valence-electron chi connectivity index (χ2n) is 5.79. The number of hydrogen-bond donors (Lipinski definition) is 1. The van der Waals surface area contributed by atoms with Crippen LogP contribution in [0.2, 0.25) is 5.02 Å². The van der Waals surface area contributed by atoms with E-state index in [1.165, 1.54) is 6.07 Å². The molecular formula is C18H18ClF3N4. The van der Waals surface area contributed by atoms with Crippen molar-refractivity contribution in [3.05, 3.63) is 40.2 Å². The number of nitriles is 1. The summed E-state index contributed by atoms with van der Waals surface area (Å²) in [6, 6.07) is 5.00. The summed E-state index contributed by atoms with van der Waals surface area (Å²) in [5, 5.41) is 12.3. The van der Waals surface area contributed by atoms with Crippen molar-refractivity contribution in [1.82, 2.24) is 9.97 Å². The van der Waals surface area contributed by atoms with E-state index in [0.717, 1.165) is 31.4 Å². The Morgan fingerprint density at radius 1 is 1.23 bits per heavy atom. The summed E-state index contributed by atoms with van der Waals surface area (Å²) in [5.74, 6) is 0.368. The number of benzene rings is 1. The Kier molecular flexibility index (Phi) is 6.43. The molecular weight excluding hydrogens is 365 g/mol. The zero-order valence-electron chi connectivity index (χ0n) is 14.4. The predicted molar refractivity (Wildman–Crippen MR) is 94.9 cm³/mol. The molecule has 1 N–H and O–H groups in total. The first-order valence-electron chi connectivity index (χ1n) is 8.17. The van der Waals surface area contributed by atoms with Gasteiger partial charge in [-0.05, 0) is 25.5 Å². The summed E-state index contributed by atoms with van der Waals surface area (Å²) in [6.45, 7) is 4.43. The predicted octanol–water partition coefficient (Wildman–Crippen LogP) is 5.60. The fourth-order valence-corrected chi connectivity index (χ4v) is 2.71. The minimum absolute atomic E-state index is 0.0815. The molecule has 2 rings (SSSR count). The minimum atomic E-state index is -4.48. The van der Waals surface area contributed by atoms with Crippen molar-refractivity contribution in [3.63, 3.8) is 0 Å². The lowest BCUT2D eigenvalue weighted by molar-refractivity contribution is -0.137. The van der Waals surface area contributed by atoms with Crippen LogP contribution in [0.4, 0.5) is 19.0 Å². The summed E-state index contributed by atoms with van der Waals surface area (Å²) in [5.41, 5.74) is 0.311. The lowest BCUT2D eigenvalue weighted by atomic mass is 10.1. The lowest BCUT2D eigenvalue weighted by Crippen LogP contribution is -2.09. The van der Waals surface area contributed by atoms with Crippen LogP contribution >= 0.6 is 11.6 Å². The van der Waals surface area contributed by atoms with E-state index >= 15 is 0 Å². The zero-order valence-corrected chi connectivity index (χ0v) is 15.2. The standard InChI is InChI=1S/C18H18ClF3N4/c1-3-4-5-8-24-17-15(10-23)26-16(11(2)25-17)13-7-6-12(9-14(13)19)18(20,21)22/h6-7,9H,3-5,8H2,1-2H3,(H,24,25). The topological polar surface area (TPSA) is 61.6 Å². The average Bonchev–Trinajstić information content (AvgIpc) is 2.58. The quantitative estimate of drug-likeness (QED) is 0.661. The largest absolute Gasteiger partial charge is 0.416 e. The van der Waals surface area contributed by atoms with E-state index in [1.807, 2.05) is 6.07 Å². The van der Waals surface area contributed by atoms with Crippen molar-refractivity contribution in [1.29, 1.82) is 5.26 Å². The number of nitrogens with one attached hydrogen (secondary N) is 1. The molecule has 0 saturated carbocycles. The molecule has 138 valence electrons. The number of alkyl halides is 3. The van der Waals surface area contributed by atoms with E-state index in [2.05, 4.69) is 22.2 Å². The molecule has 0 aliphatic carbocycles. The number of halogens is 4. The van der Waals surface area contributed by atoms with Crippen molar-refractivity contribution in [3.8, 4) is 17.3 Å². The molecule has 0 aliphatic rings. The van der Waals surface area contributed by atoms with E-state index < -0.39 is 11.7 Å². The van der Waals surface area contributed by atoms with Gasteiger partial charge in [-0.25, -0.2) is 9.97 Å². The molecule has 0 aliphatic heterocycles. The molecule has 0 radical (unpaired) electrons. The Labute approximate surface area is 155 Å². The van der Waals surface area contributed by atoms with Crippen LogP contribution in [0.1, 0.15) is 43.1 Å². The van der Waals surface area contributed by atoms with Gasteiger partial charge in [0.25, 0.3) is 0 Å². The maximum Gasteiger partial charge on any atom is 0.416 e. The van der Waals surface area contributed by atoms with Crippen LogP contribution in [0.25, 0.3) is 11.3 Å². The van der Waals surface area contributed by atoms with Crippen molar-refractivity contribution >= 4 is 17.4 Å². The number of hydrogen-bond acceptors (Lipinski definition) is 4. The summed E-state index contributed by atoms with van der Waals surface area (Å²) in [4.78, 5) is 8.61. The monoisotopic (exact) mass is 382 g/mol. The molecule has 0 atom stereocenters. The number of aromatic nitrogens is 2. The second-order valence-corrected chi connectivity index (χ2v) is 6.20. The van der Waals surface area contributed by atoms with Gasteiger partial charge in [-0.1, -0.05) is 37.4 Å². The summed E-state index contributed by atoms with van der Waals surface area (Å²) in [6.07, 6.45) is -1.41. The summed E-state index contributed by atoms with van der Waals surface area (Å²) in [7, 11) is 0. The van der Waals surface area contributed by atoms with Crippen molar-refractivity contribution < 1.29 is 13.2 Å². The molecule has 0 spiro atoms. The Bertz CT molecular complexity index is 828. The molecule has 1 aromatic heterocycles. The maximum absolute atomic E-state index is 12.8. The van der Waals surface area contributed by atoms with Crippen LogP contribution in [-0.4, -0.2) is 16.5 Å². The summed E-state index contributed by atoms with van der Waals surface area (Å²) < 4.78 is 38.4. The van der Waals surface area contributed by atoms with Crippen LogP contribution in [0, 0.1) is 18.3 Å². The highest BCUT2D eigenvalue weighted by atomic mass is 35.5. The first kappa shape index (κ1) is 20.0. The Hall–Kier alpha value is -2.33. The molecule has 0 unspecified atom stereocenters. The van der Waals surface area contributed by atoms with E-state index in [1.54, 1.807) is 6.92 Å². The van der Waals surface area contributed by atoms with Crippen molar-refractivity contribution in [2.75, 3.05) is 11.9 Å². The van der Waals surface area contributed by atoms with Crippen LogP contribution < -0.4 is 5.32 Å². The van der Waals surface area contributed by atoms with E-state index in [0.29, 0.717) is 29.3 Å². The van der Waals surface area contributed by atoms with Gasteiger partial charge in [-0.3, -0.25) is 0 Å². The third-order valence-electron chi connectivity index (χ3n) is 3.80. The zero-order chi connectivity index (χ0) is 19.3. The normalized spacial score (nSPS) is 11.3. The van der Waals surface area contributed by atoms with Gasteiger partial charge in [0, 0.05) is 12.1 Å². The van der Waals surface area contributed by atoms with Gasteiger partial charge in [0.1, 0.15) is 6.07 Å². The molecule has 26 heavy (non-hydrogen) atoms. The Balaban J connectivity index is 2.37. The highest BCUT2D eigenvalue weighted by Gasteiger charge is 2.31. The SMILES string of the molecule is CCCCCNc1nc(C)c(-c2ccc(C(F)(F)F)cc2Cl)nc1C#N. The number of aryl methyl sites for hydroxylation is 1. The van der Waals surface area contributed by atoms with Gasteiger partial charge < -0.3 is 5.32 Å². The van der Waals surface area contributed by atoms with E-state index in [4.69, 9.17) is 11.6 Å². The van der Waals surface area contributed by atoms with Gasteiger partial charge >= 0.3 is 6.18 Å². The first-order chi connectivity index (χ1) is 12.3. The fourth-order valence-electron chi connectivity index (χ4n) is 2.44. The Morgan fingerprint density at radius 3 is 2.54 bits per heavy atom. The Morgan fingerprint density at radius 2 is 1.96 bits per heavy atom. The first-order valence-corrected chi connectivity index (χ1v) is 8.55. The molecule has 4 nitrogen and oxygen atoms in total. The van der Waals surface area contributed by atoms with Crippen LogP contribution in [0.15, 0.2) is 18.2 Å². The molecule has 1 heterocycles. The van der Waals surface area contributed by atoms with Gasteiger partial charge in [-0.15, -0.1) is 0 Å². The van der Waals surface area contributed by atoms with Crippen LogP contribution in [-0.2, 0) is 6.18 Å². The van der Waals surface area contributed by atoms with Crippen molar-refractivity contribution in [2.45, 2.75) is 39.3 Å². The van der Waals surface area contributed by atoms with Crippen LogP contribution in [0.5, 0.6) is 0 Å². The molecule has 0 amide bonds. The van der Waals surface area contributed by atoms with Crippen LogP contribution in [0.3, 0.4) is 0 Å². The molecule has 1 aromatic carbocycles. The van der Waals surface area contributed by atoms with E-state index in [-0.39, 0.29) is 10.7 Å². The second kappa shape index (κ2) is 8.37. The van der Waals surface area contributed by atoms with Gasteiger partial charge in [0.05, 0.1) is 22.0 Å². The summed E-state index contributed by atoms with van der Waals surface area (Å²) >= 11 is 6.03. The third kappa shape index (κ3) is 4.64. The van der Waals surface area contributed by atoms with E-state index in [9.17, 15) is 18.4 Å². The number of unbranched alkanes of at least 4 members (excludes halogenated alkanes) is 2. The van der Waals surface area contributed by atoms with Crippen molar-refractivity contribution in [2.24, 2.45) is 0 Å². The highest BCUT2D eigenvalue weighted by molar-refractivity contribution is 6.33. The number of rotatable bonds is 6. The lowest BCUT2D eigenvalue weighted by Gasteiger charge is -2.13. The van der Waals surface area contributed by atoms with Gasteiger partial charge in [0.2, 0.25) is 0 Å². The average molecular weight is 383 g/mol. The molecule has 0 bridgehead atoms. The van der Waals surface area contributed by atoms with Gasteiger partial charge in [-0.2, -0.15) is 18.4 Å². The molecule has 0 saturated heterocycles. The minimum Gasteiger partial charge on any atom is -0.368 e. The number of nitrogens with zero attached hydrogens (tertiary/aromatic N) is 3.